The molecule has 2 aromatic rings. The van der Waals surface area contributed by atoms with Gasteiger partial charge in [0.1, 0.15) is 5.75 Å². The smallest absolute Gasteiger partial charge is 0.119 e. The van der Waals surface area contributed by atoms with E-state index >= 15 is 0 Å². The van der Waals surface area contributed by atoms with Gasteiger partial charge >= 0.3 is 0 Å². The first-order valence-electron chi connectivity index (χ1n) is 5.82. The Morgan fingerprint density at radius 2 is 1.94 bits per heavy atom. The van der Waals surface area contributed by atoms with Crippen molar-refractivity contribution < 1.29 is 4.74 Å². The fraction of sp³-hybridized carbons (Fsp3) is 0.200. The number of methoxy groups -OCH3 is 1. The fourth-order valence-electron chi connectivity index (χ4n) is 1.76. The number of halogens is 1. The molecule has 1 N–H and O–H groups in total. The van der Waals surface area contributed by atoms with Gasteiger partial charge in [-0.1, -0.05) is 35.9 Å². The molecule has 0 heterocycles. The number of ether oxygens (including phenoxy) is 1. The summed E-state index contributed by atoms with van der Waals surface area (Å²) in [5, 5.41) is 4.11. The van der Waals surface area contributed by atoms with Crippen molar-refractivity contribution in [1.29, 1.82) is 0 Å². The Morgan fingerprint density at radius 3 is 2.72 bits per heavy atom. The highest BCUT2D eigenvalue weighted by atomic mass is 35.5. The van der Waals surface area contributed by atoms with E-state index in [1.165, 1.54) is 0 Å². The van der Waals surface area contributed by atoms with Gasteiger partial charge in [-0.15, -0.1) is 0 Å². The molecule has 0 saturated carbocycles. The van der Waals surface area contributed by atoms with E-state index in [9.17, 15) is 0 Å². The topological polar surface area (TPSA) is 21.3 Å². The summed E-state index contributed by atoms with van der Waals surface area (Å²) in [5.41, 5.74) is 3.19. The van der Waals surface area contributed by atoms with Crippen LogP contribution < -0.4 is 10.1 Å². The summed E-state index contributed by atoms with van der Waals surface area (Å²) in [6.45, 7) is 2.72. The first-order chi connectivity index (χ1) is 8.70. The SMILES string of the molecule is COc1cccc(CNc2cccc(C)c2Cl)c1. The van der Waals surface area contributed by atoms with Gasteiger partial charge in [0, 0.05) is 6.54 Å². The fourth-order valence-corrected chi connectivity index (χ4v) is 1.96. The van der Waals surface area contributed by atoms with Gasteiger partial charge in [-0.05, 0) is 36.2 Å². The predicted octanol–water partition coefficient (Wildman–Crippen LogP) is 4.27. The van der Waals surface area contributed by atoms with E-state index in [-0.39, 0.29) is 0 Å². The molecule has 0 atom stereocenters. The lowest BCUT2D eigenvalue weighted by Gasteiger charge is -2.10. The van der Waals surface area contributed by atoms with Gasteiger partial charge < -0.3 is 10.1 Å². The van der Waals surface area contributed by atoms with Gasteiger partial charge in [-0.2, -0.15) is 0 Å². The number of hydrogen-bond donors (Lipinski definition) is 1. The molecule has 0 aliphatic carbocycles. The molecule has 18 heavy (non-hydrogen) atoms. The summed E-state index contributed by atoms with van der Waals surface area (Å²) < 4.78 is 5.20. The van der Waals surface area contributed by atoms with Crippen LogP contribution in [0.4, 0.5) is 5.69 Å². The molecule has 2 nitrogen and oxygen atoms in total. The maximum Gasteiger partial charge on any atom is 0.119 e. The molecular weight excluding hydrogens is 246 g/mol. The van der Waals surface area contributed by atoms with Gasteiger partial charge in [-0.3, -0.25) is 0 Å². The Labute approximate surface area is 113 Å². The lowest BCUT2D eigenvalue weighted by Crippen LogP contribution is -2.00. The largest absolute Gasteiger partial charge is 0.497 e. The average molecular weight is 262 g/mol. The van der Waals surface area contributed by atoms with Crippen LogP contribution >= 0.6 is 11.6 Å². The molecule has 0 spiro atoms. The highest BCUT2D eigenvalue weighted by Crippen LogP contribution is 2.25. The average Bonchev–Trinajstić information content (AvgIpc) is 2.41. The minimum absolute atomic E-state index is 0.723. The standard InChI is InChI=1S/C15H16ClNO/c1-11-5-3-8-14(15(11)16)17-10-12-6-4-7-13(9-12)18-2/h3-9,17H,10H2,1-2H3. The van der Waals surface area contributed by atoms with E-state index < -0.39 is 0 Å². The molecule has 0 fully saturated rings. The number of anilines is 1. The third kappa shape index (κ3) is 2.96. The van der Waals surface area contributed by atoms with Gasteiger partial charge in [0.25, 0.3) is 0 Å². The maximum atomic E-state index is 6.23. The summed E-state index contributed by atoms with van der Waals surface area (Å²) in [6.07, 6.45) is 0. The second kappa shape index (κ2) is 5.78. The third-order valence-electron chi connectivity index (χ3n) is 2.81. The zero-order valence-electron chi connectivity index (χ0n) is 10.5. The van der Waals surface area contributed by atoms with Gasteiger partial charge in [-0.25, -0.2) is 0 Å². The Bertz CT molecular complexity index is 540. The molecule has 0 bridgehead atoms. The monoisotopic (exact) mass is 261 g/mol. The zero-order valence-corrected chi connectivity index (χ0v) is 11.3. The summed E-state index contributed by atoms with van der Waals surface area (Å²) in [6, 6.07) is 14.0. The van der Waals surface area contributed by atoms with Crippen molar-refractivity contribution in [2.24, 2.45) is 0 Å². The minimum Gasteiger partial charge on any atom is -0.497 e. The normalized spacial score (nSPS) is 10.2. The lowest BCUT2D eigenvalue weighted by molar-refractivity contribution is 0.414. The predicted molar refractivity (Wildman–Crippen MR) is 76.5 cm³/mol. The zero-order chi connectivity index (χ0) is 13.0. The number of nitrogens with one attached hydrogen (secondary N) is 1. The molecule has 3 heteroatoms. The minimum atomic E-state index is 0.723. The highest BCUT2D eigenvalue weighted by Gasteiger charge is 2.02. The third-order valence-corrected chi connectivity index (χ3v) is 3.31. The summed E-state index contributed by atoms with van der Waals surface area (Å²) >= 11 is 6.23. The van der Waals surface area contributed by atoms with Crippen LogP contribution in [-0.2, 0) is 6.54 Å². The molecule has 0 aliphatic rings. The van der Waals surface area contributed by atoms with Crippen LogP contribution in [-0.4, -0.2) is 7.11 Å². The number of benzene rings is 2. The van der Waals surface area contributed by atoms with Crippen molar-refractivity contribution in [2.45, 2.75) is 13.5 Å². The Morgan fingerprint density at radius 1 is 1.17 bits per heavy atom. The molecule has 2 rings (SSSR count). The Hall–Kier alpha value is -1.67. The van der Waals surface area contributed by atoms with E-state index in [0.717, 1.165) is 34.1 Å². The van der Waals surface area contributed by atoms with Crippen molar-refractivity contribution in [3.63, 3.8) is 0 Å². The van der Waals surface area contributed by atoms with E-state index in [2.05, 4.69) is 11.4 Å². The summed E-state index contributed by atoms with van der Waals surface area (Å²) in [7, 11) is 1.67. The van der Waals surface area contributed by atoms with Crippen LogP contribution in [0.15, 0.2) is 42.5 Å². The number of rotatable bonds is 4. The lowest BCUT2D eigenvalue weighted by atomic mass is 10.2. The van der Waals surface area contributed by atoms with Crippen molar-refractivity contribution in [3.8, 4) is 5.75 Å². The van der Waals surface area contributed by atoms with Gasteiger partial charge in [0.05, 0.1) is 17.8 Å². The second-order valence-electron chi connectivity index (χ2n) is 4.14. The molecule has 0 saturated heterocycles. The molecular formula is C15H16ClNO. The van der Waals surface area contributed by atoms with Crippen LogP contribution in [0.25, 0.3) is 0 Å². The van der Waals surface area contributed by atoms with Gasteiger partial charge in [0.15, 0.2) is 0 Å². The van der Waals surface area contributed by atoms with Gasteiger partial charge in [0.2, 0.25) is 0 Å². The Kier molecular flexibility index (Phi) is 4.11. The van der Waals surface area contributed by atoms with Crippen LogP contribution in [0.3, 0.4) is 0 Å². The molecule has 0 radical (unpaired) electrons. The first-order valence-corrected chi connectivity index (χ1v) is 6.20. The quantitative estimate of drug-likeness (QED) is 0.888. The van der Waals surface area contributed by atoms with Crippen molar-refractivity contribution >= 4 is 17.3 Å². The number of aryl methyl sites for hydroxylation is 1. The van der Waals surface area contributed by atoms with Crippen LogP contribution in [0.5, 0.6) is 5.75 Å². The van der Waals surface area contributed by atoms with Crippen molar-refractivity contribution in [1.82, 2.24) is 0 Å². The van der Waals surface area contributed by atoms with E-state index in [1.807, 2.05) is 43.3 Å². The number of hydrogen-bond acceptors (Lipinski definition) is 2. The van der Waals surface area contributed by atoms with E-state index in [4.69, 9.17) is 16.3 Å². The second-order valence-corrected chi connectivity index (χ2v) is 4.52. The van der Waals surface area contributed by atoms with E-state index in [0.29, 0.717) is 0 Å². The molecule has 2 aromatic carbocycles. The first kappa shape index (κ1) is 12.8. The molecule has 0 aromatic heterocycles. The van der Waals surface area contributed by atoms with Crippen LogP contribution in [0.2, 0.25) is 5.02 Å². The molecule has 94 valence electrons. The van der Waals surface area contributed by atoms with Crippen LogP contribution in [0, 0.1) is 6.92 Å². The molecule has 0 amide bonds. The summed E-state index contributed by atoms with van der Waals surface area (Å²) in [5.74, 6) is 0.865. The molecule has 0 unspecified atom stereocenters. The van der Waals surface area contributed by atoms with Crippen molar-refractivity contribution in [3.05, 3.63) is 58.6 Å². The summed E-state index contributed by atoms with van der Waals surface area (Å²) in [4.78, 5) is 0. The highest BCUT2D eigenvalue weighted by molar-refractivity contribution is 6.33. The Balaban J connectivity index is 2.09. The van der Waals surface area contributed by atoms with E-state index in [1.54, 1.807) is 7.11 Å². The van der Waals surface area contributed by atoms with Crippen molar-refractivity contribution in [2.75, 3.05) is 12.4 Å². The van der Waals surface area contributed by atoms with Crippen LogP contribution in [0.1, 0.15) is 11.1 Å². The molecule has 0 aliphatic heterocycles. The maximum absolute atomic E-state index is 6.23.